The molecular weight excluding hydrogens is 207 g/mol. The summed E-state index contributed by atoms with van der Waals surface area (Å²) in [4.78, 5) is 8.97. The second kappa shape index (κ2) is 4.96. The zero-order valence-corrected chi connectivity index (χ0v) is 9.78. The molecule has 1 aliphatic rings. The molecule has 82 valence electrons. The highest BCUT2D eigenvalue weighted by Crippen LogP contribution is 2.32. The van der Waals surface area contributed by atoms with Crippen LogP contribution in [0.4, 0.5) is 0 Å². The van der Waals surface area contributed by atoms with Crippen molar-refractivity contribution in [2.45, 2.75) is 38.0 Å². The maximum atomic E-state index is 10.9. The average molecular weight is 224 g/mol. The van der Waals surface area contributed by atoms with Crippen molar-refractivity contribution in [1.82, 2.24) is 0 Å². The lowest BCUT2D eigenvalue weighted by Gasteiger charge is -2.21. The van der Waals surface area contributed by atoms with Crippen LogP contribution < -0.4 is 5.30 Å². The van der Waals surface area contributed by atoms with Gasteiger partial charge in [-0.05, 0) is 36.5 Å². The highest BCUT2D eigenvalue weighted by molar-refractivity contribution is 7.47. The zero-order chi connectivity index (χ0) is 10.7. The summed E-state index contributed by atoms with van der Waals surface area (Å²) in [5.41, 5.74) is 1.33. The minimum absolute atomic E-state index is 0.569. The molecule has 0 spiro atoms. The van der Waals surface area contributed by atoms with Gasteiger partial charge in [0, 0.05) is 5.30 Å². The summed E-state index contributed by atoms with van der Waals surface area (Å²) >= 11 is 0. The summed E-state index contributed by atoms with van der Waals surface area (Å²) in [6.45, 7) is 0. The molecule has 3 heteroatoms. The number of hydrogen-bond acceptors (Lipinski definition) is 1. The molecule has 0 radical (unpaired) electrons. The van der Waals surface area contributed by atoms with Gasteiger partial charge in [0.1, 0.15) is 0 Å². The van der Waals surface area contributed by atoms with Crippen LogP contribution in [0, 0.1) is 0 Å². The van der Waals surface area contributed by atoms with E-state index in [-0.39, 0.29) is 0 Å². The predicted molar refractivity (Wildman–Crippen MR) is 63.1 cm³/mol. The fourth-order valence-corrected chi connectivity index (χ4v) is 2.79. The first kappa shape index (κ1) is 10.9. The van der Waals surface area contributed by atoms with Crippen molar-refractivity contribution in [2.24, 2.45) is 0 Å². The Morgan fingerprint density at radius 3 is 2.20 bits per heavy atom. The Hall–Kier alpha value is -0.590. The summed E-state index contributed by atoms with van der Waals surface area (Å²) in [5, 5.41) is 0.569. The fourth-order valence-electron chi connectivity index (χ4n) is 2.33. The number of hydrogen-bond donors (Lipinski definition) is 1. The molecule has 15 heavy (non-hydrogen) atoms. The van der Waals surface area contributed by atoms with Gasteiger partial charge in [-0.3, -0.25) is 4.57 Å². The summed E-state index contributed by atoms with van der Waals surface area (Å²) in [5.74, 6) is 0.675. The highest BCUT2D eigenvalue weighted by atomic mass is 31.1. The predicted octanol–water partition coefficient (Wildman–Crippen LogP) is 2.83. The van der Waals surface area contributed by atoms with Crippen LogP contribution in [0.3, 0.4) is 0 Å². The zero-order valence-electron chi connectivity index (χ0n) is 8.78. The van der Waals surface area contributed by atoms with Crippen LogP contribution in [0.1, 0.15) is 43.6 Å². The van der Waals surface area contributed by atoms with Gasteiger partial charge in [-0.25, -0.2) is 0 Å². The molecule has 1 atom stereocenters. The topological polar surface area (TPSA) is 37.3 Å². The maximum absolute atomic E-state index is 10.9. The molecule has 0 amide bonds. The van der Waals surface area contributed by atoms with Gasteiger partial charge >= 0.3 is 0 Å². The molecule has 2 rings (SSSR count). The molecule has 1 fully saturated rings. The Bertz CT molecular complexity index is 339. The third-order valence-electron chi connectivity index (χ3n) is 3.23. The first-order chi connectivity index (χ1) is 7.27. The van der Waals surface area contributed by atoms with E-state index >= 15 is 0 Å². The first-order valence-electron chi connectivity index (χ1n) is 5.60. The molecule has 2 nitrogen and oxygen atoms in total. The molecule has 1 unspecified atom stereocenters. The first-order valence-corrected chi connectivity index (χ1v) is 6.96. The van der Waals surface area contributed by atoms with Gasteiger partial charge < -0.3 is 4.89 Å². The minimum atomic E-state index is -2.51. The van der Waals surface area contributed by atoms with Crippen LogP contribution in [0.15, 0.2) is 24.3 Å². The molecule has 0 aromatic heterocycles. The summed E-state index contributed by atoms with van der Waals surface area (Å²) in [7, 11) is -2.51. The van der Waals surface area contributed by atoms with E-state index in [0.717, 1.165) is 0 Å². The largest absolute Gasteiger partial charge is 0.343 e. The van der Waals surface area contributed by atoms with Gasteiger partial charge in [-0.2, -0.15) is 0 Å². The van der Waals surface area contributed by atoms with E-state index in [1.807, 2.05) is 12.1 Å². The average Bonchev–Trinajstić information content (AvgIpc) is 2.30. The van der Waals surface area contributed by atoms with Crippen LogP contribution in [-0.4, -0.2) is 4.89 Å². The molecular formula is C12H17O2P. The molecule has 1 aromatic rings. The Balaban J connectivity index is 2.11. The Labute approximate surface area is 91.2 Å². The van der Waals surface area contributed by atoms with Crippen molar-refractivity contribution in [1.29, 1.82) is 0 Å². The summed E-state index contributed by atoms with van der Waals surface area (Å²) in [6.07, 6.45) is 6.55. The van der Waals surface area contributed by atoms with Gasteiger partial charge in [0.2, 0.25) is 8.03 Å². The second-order valence-electron chi connectivity index (χ2n) is 4.26. The highest BCUT2D eigenvalue weighted by Gasteiger charge is 2.15. The van der Waals surface area contributed by atoms with Crippen LogP contribution >= 0.6 is 8.03 Å². The molecule has 0 bridgehead atoms. The van der Waals surface area contributed by atoms with Gasteiger partial charge in [0.25, 0.3) is 0 Å². The molecule has 0 saturated heterocycles. The molecule has 0 aliphatic heterocycles. The number of rotatable bonds is 2. The van der Waals surface area contributed by atoms with Crippen molar-refractivity contribution in [2.75, 3.05) is 0 Å². The monoisotopic (exact) mass is 224 g/mol. The van der Waals surface area contributed by atoms with E-state index in [1.165, 1.54) is 37.7 Å². The molecule has 1 aromatic carbocycles. The van der Waals surface area contributed by atoms with Crippen molar-refractivity contribution >= 4 is 13.3 Å². The van der Waals surface area contributed by atoms with E-state index in [9.17, 15) is 4.57 Å². The minimum Gasteiger partial charge on any atom is -0.343 e. The molecule has 1 N–H and O–H groups in total. The molecule has 1 aliphatic carbocycles. The SMILES string of the molecule is O=[PH](O)c1ccc(C2CCCCC2)cc1. The van der Waals surface area contributed by atoms with E-state index in [4.69, 9.17) is 4.89 Å². The lowest BCUT2D eigenvalue weighted by Crippen LogP contribution is -2.05. The second-order valence-corrected chi connectivity index (χ2v) is 5.45. The van der Waals surface area contributed by atoms with Crippen LogP contribution in [0.5, 0.6) is 0 Å². The smallest absolute Gasteiger partial charge is 0.218 e. The van der Waals surface area contributed by atoms with E-state index in [0.29, 0.717) is 11.2 Å². The Morgan fingerprint density at radius 1 is 1.07 bits per heavy atom. The van der Waals surface area contributed by atoms with Crippen molar-refractivity contribution < 1.29 is 9.46 Å². The lowest BCUT2D eigenvalue weighted by molar-refractivity contribution is 0.443. The van der Waals surface area contributed by atoms with Crippen LogP contribution in [0.2, 0.25) is 0 Å². The van der Waals surface area contributed by atoms with Crippen LogP contribution in [0.25, 0.3) is 0 Å². The maximum Gasteiger partial charge on any atom is 0.218 e. The van der Waals surface area contributed by atoms with Gasteiger partial charge in [-0.1, -0.05) is 31.4 Å². The van der Waals surface area contributed by atoms with Crippen molar-refractivity contribution in [3.8, 4) is 0 Å². The van der Waals surface area contributed by atoms with Crippen molar-refractivity contribution in [3.05, 3.63) is 29.8 Å². The number of benzene rings is 1. The third-order valence-corrected chi connectivity index (χ3v) is 4.06. The van der Waals surface area contributed by atoms with Gasteiger partial charge in [0.05, 0.1) is 0 Å². The quantitative estimate of drug-likeness (QED) is 0.784. The summed E-state index contributed by atoms with van der Waals surface area (Å²) in [6, 6.07) is 7.63. The van der Waals surface area contributed by atoms with Gasteiger partial charge in [0.15, 0.2) is 0 Å². The van der Waals surface area contributed by atoms with Crippen molar-refractivity contribution in [3.63, 3.8) is 0 Å². The third kappa shape index (κ3) is 2.70. The standard InChI is InChI=1S/C12H17O2P/c13-15(14)12-8-6-11(7-9-12)10-4-2-1-3-5-10/h6-10,15H,1-5H2,(H,13,14). The Kier molecular flexibility index (Phi) is 3.61. The Morgan fingerprint density at radius 2 is 1.67 bits per heavy atom. The van der Waals surface area contributed by atoms with E-state index in [1.54, 1.807) is 12.1 Å². The van der Waals surface area contributed by atoms with E-state index < -0.39 is 8.03 Å². The van der Waals surface area contributed by atoms with E-state index in [2.05, 4.69) is 0 Å². The summed E-state index contributed by atoms with van der Waals surface area (Å²) < 4.78 is 10.9. The van der Waals surface area contributed by atoms with Gasteiger partial charge in [-0.15, -0.1) is 0 Å². The fraction of sp³-hybridized carbons (Fsp3) is 0.500. The van der Waals surface area contributed by atoms with Crippen LogP contribution in [-0.2, 0) is 4.57 Å². The molecule has 0 heterocycles. The molecule has 1 saturated carbocycles. The lowest BCUT2D eigenvalue weighted by atomic mass is 9.84. The normalized spacial score (nSPS) is 20.1.